The van der Waals surface area contributed by atoms with E-state index in [1.165, 1.54) is 13.8 Å². The topological polar surface area (TPSA) is 24.1 Å². The second kappa shape index (κ2) is 2.46. The molecule has 2 nitrogen and oxygen atoms in total. The Bertz CT molecular complexity index is 162. The molecule has 0 aromatic carbocycles. The van der Waals surface area contributed by atoms with Gasteiger partial charge in [0.25, 0.3) is 0 Å². The quantitative estimate of drug-likeness (QED) is 0.466. The maximum absolute atomic E-state index is 7.57. The third kappa shape index (κ3) is 1.46. The van der Waals surface area contributed by atoms with Crippen LogP contribution in [0.15, 0.2) is 0 Å². The molecule has 1 aliphatic rings. The van der Waals surface area contributed by atoms with Crippen LogP contribution in [0.2, 0.25) is 0 Å². The summed E-state index contributed by atoms with van der Waals surface area (Å²) in [6.45, 7) is 1.30. The molecule has 0 bridgehead atoms. The number of rotatable bonds is 0. The van der Waals surface area contributed by atoms with E-state index in [-0.39, 0.29) is 0 Å². The molecular formula is C6H14N2. The molecule has 0 amide bonds. The highest BCUT2D eigenvalue weighted by atomic mass is 15.1. The van der Waals surface area contributed by atoms with E-state index in [4.69, 9.17) is 5.48 Å². The molecule has 1 fully saturated rings. The number of piperazine rings is 1. The van der Waals surface area contributed by atoms with Crippen LogP contribution in [-0.4, -0.2) is 25.1 Å². The summed E-state index contributed by atoms with van der Waals surface area (Å²) in [5.74, 6) is 0. The summed E-state index contributed by atoms with van der Waals surface area (Å²) in [4.78, 5) is 0. The predicted molar refractivity (Wildman–Crippen MR) is 34.9 cm³/mol. The zero-order valence-electron chi connectivity index (χ0n) is 9.15. The normalized spacial score (nSPS) is 83.8. The smallest absolute Gasteiger partial charge is 0.0475 e. The molecule has 0 radical (unpaired) electrons. The monoisotopic (exact) mass is 118 g/mol. The summed E-state index contributed by atoms with van der Waals surface area (Å²) in [5, 5.41) is 5.18. The van der Waals surface area contributed by atoms with Crippen LogP contribution in [0.5, 0.6) is 0 Å². The van der Waals surface area contributed by atoms with E-state index in [1.807, 2.05) is 0 Å². The molecule has 48 valence electrons. The van der Waals surface area contributed by atoms with Crippen molar-refractivity contribution in [1.82, 2.24) is 10.6 Å². The van der Waals surface area contributed by atoms with Crippen molar-refractivity contribution in [2.24, 2.45) is 0 Å². The molecule has 8 heavy (non-hydrogen) atoms. The van der Waals surface area contributed by atoms with Crippen molar-refractivity contribution in [3.63, 3.8) is 0 Å². The van der Waals surface area contributed by atoms with Crippen molar-refractivity contribution in [3.05, 3.63) is 0 Å². The third-order valence-corrected chi connectivity index (χ3v) is 1.03. The van der Waals surface area contributed by atoms with E-state index >= 15 is 0 Å². The van der Waals surface area contributed by atoms with Crippen molar-refractivity contribution in [2.75, 3.05) is 13.0 Å². The van der Waals surface area contributed by atoms with Crippen LogP contribution in [0.4, 0.5) is 0 Å². The lowest BCUT2D eigenvalue weighted by atomic mass is 10.2. The van der Waals surface area contributed by atoms with E-state index in [0.717, 1.165) is 0 Å². The minimum atomic E-state index is -1.19. The molecule has 0 aliphatic carbocycles. The second-order valence-corrected chi connectivity index (χ2v) is 1.94. The van der Waals surface area contributed by atoms with Gasteiger partial charge in [-0.3, -0.25) is 0 Å². The molecule has 0 saturated carbocycles. The van der Waals surface area contributed by atoms with Crippen molar-refractivity contribution < 1.29 is 5.48 Å². The zero-order valence-corrected chi connectivity index (χ0v) is 5.15. The highest BCUT2D eigenvalue weighted by Gasteiger charge is 2.10. The van der Waals surface area contributed by atoms with Gasteiger partial charge in [0.15, 0.2) is 0 Å². The third-order valence-electron chi connectivity index (χ3n) is 1.03. The molecule has 1 aliphatic heterocycles. The molecule has 4 atom stereocenters. The van der Waals surface area contributed by atoms with Crippen LogP contribution < -0.4 is 10.6 Å². The van der Waals surface area contributed by atoms with Crippen molar-refractivity contribution >= 4 is 0 Å². The van der Waals surface area contributed by atoms with Gasteiger partial charge in [-0.25, -0.2) is 0 Å². The van der Waals surface area contributed by atoms with Gasteiger partial charge in [-0.15, -0.1) is 0 Å². The van der Waals surface area contributed by atoms with Crippen LogP contribution in [0.25, 0.3) is 0 Å². The first-order valence-corrected chi connectivity index (χ1v) is 2.65. The summed E-state index contributed by atoms with van der Waals surface area (Å²) in [6, 6.07) is -2.38. The molecule has 2 heteroatoms. The van der Waals surface area contributed by atoms with Gasteiger partial charge >= 0.3 is 0 Å². The first-order chi connectivity index (χ1) is 5.26. The molecular weight excluding hydrogens is 100 g/mol. The summed E-state index contributed by atoms with van der Waals surface area (Å²) >= 11 is 0. The molecule has 1 heterocycles. The van der Waals surface area contributed by atoms with Gasteiger partial charge in [0.05, 0.1) is 0 Å². The molecule has 0 aromatic heterocycles. The molecule has 4 unspecified atom stereocenters. The SMILES string of the molecule is [2H]C1NC([2H])(C)C([2H])NC1([2H])C. The Labute approximate surface area is 56.3 Å². The largest absolute Gasteiger partial charge is 0.311 e. The Kier molecular flexibility index (Phi) is 0.822. The van der Waals surface area contributed by atoms with Crippen molar-refractivity contribution in [1.29, 1.82) is 0 Å². The van der Waals surface area contributed by atoms with Crippen LogP contribution in [0, 0.1) is 0 Å². The molecule has 1 saturated heterocycles. The fraction of sp³-hybridized carbons (Fsp3) is 1.00. The average Bonchev–Trinajstić information content (AvgIpc) is 1.82. The van der Waals surface area contributed by atoms with E-state index in [1.54, 1.807) is 0 Å². The number of hydrogen-bond donors (Lipinski definition) is 2. The molecule has 0 spiro atoms. The van der Waals surface area contributed by atoms with E-state index in [0.29, 0.717) is 0 Å². The van der Waals surface area contributed by atoms with Gasteiger partial charge in [0, 0.05) is 30.6 Å². The van der Waals surface area contributed by atoms with Crippen molar-refractivity contribution in [2.45, 2.75) is 25.9 Å². The maximum atomic E-state index is 7.57. The van der Waals surface area contributed by atoms with E-state index < -0.39 is 25.1 Å². The Hall–Kier alpha value is -0.0800. The van der Waals surface area contributed by atoms with Gasteiger partial charge in [0.1, 0.15) is 0 Å². The van der Waals surface area contributed by atoms with Crippen LogP contribution in [0.3, 0.4) is 0 Å². The summed E-state index contributed by atoms with van der Waals surface area (Å²) in [5.41, 5.74) is 0. The standard InChI is InChI=1S/C6H14N2/c1-5-3-8-6(2)4-7-5/h5-8H,3-4H2,1-2H3/i3D,4D,5D,6D. The van der Waals surface area contributed by atoms with Gasteiger partial charge in [-0.2, -0.15) is 0 Å². The Morgan fingerprint density at radius 2 is 1.75 bits per heavy atom. The molecule has 1 rings (SSSR count). The van der Waals surface area contributed by atoms with Gasteiger partial charge in [-0.05, 0) is 13.8 Å². The van der Waals surface area contributed by atoms with Gasteiger partial charge in [-0.1, -0.05) is 0 Å². The minimum absolute atomic E-state index is 0.874. The summed E-state index contributed by atoms with van der Waals surface area (Å²) < 4.78 is 30.1. The lowest BCUT2D eigenvalue weighted by Gasteiger charge is -2.26. The predicted octanol–water partition coefficient (Wildman–Crippen LogP) is -0.0438. The number of hydrogen-bond acceptors (Lipinski definition) is 2. The van der Waals surface area contributed by atoms with Crippen LogP contribution in [-0.2, 0) is 0 Å². The fourth-order valence-electron chi connectivity index (χ4n) is 0.528. The Morgan fingerprint density at radius 3 is 2.12 bits per heavy atom. The highest BCUT2D eigenvalue weighted by molar-refractivity contribution is 4.76. The summed E-state index contributed by atoms with van der Waals surface area (Å²) in [6.07, 6.45) is 0. The van der Waals surface area contributed by atoms with Crippen LogP contribution >= 0.6 is 0 Å². The highest BCUT2D eigenvalue weighted by Crippen LogP contribution is 1.89. The second-order valence-electron chi connectivity index (χ2n) is 1.94. The van der Waals surface area contributed by atoms with Gasteiger partial charge < -0.3 is 10.6 Å². The first kappa shape index (κ1) is 2.67. The maximum Gasteiger partial charge on any atom is 0.0475 e. The van der Waals surface area contributed by atoms with Gasteiger partial charge in [0.2, 0.25) is 0 Å². The Balaban J connectivity index is 2.76. The van der Waals surface area contributed by atoms with Crippen molar-refractivity contribution in [3.8, 4) is 0 Å². The molecule has 0 aromatic rings. The first-order valence-electron chi connectivity index (χ1n) is 4.81. The lowest BCUT2D eigenvalue weighted by Crippen LogP contribution is -2.51. The number of nitrogens with one attached hydrogen (secondary N) is 2. The Morgan fingerprint density at radius 1 is 1.38 bits per heavy atom. The van der Waals surface area contributed by atoms with E-state index in [2.05, 4.69) is 10.6 Å². The fourth-order valence-corrected chi connectivity index (χ4v) is 0.528. The average molecular weight is 118 g/mol. The van der Waals surface area contributed by atoms with Crippen LogP contribution in [0.1, 0.15) is 19.3 Å². The zero-order chi connectivity index (χ0) is 9.57. The minimum Gasteiger partial charge on any atom is -0.311 e. The lowest BCUT2D eigenvalue weighted by molar-refractivity contribution is 0.376. The molecule has 2 N–H and O–H groups in total. The van der Waals surface area contributed by atoms with E-state index in [9.17, 15) is 0 Å². The summed E-state index contributed by atoms with van der Waals surface area (Å²) in [7, 11) is 0.